The summed E-state index contributed by atoms with van der Waals surface area (Å²) in [4.78, 5) is 15.3. The van der Waals surface area contributed by atoms with Gasteiger partial charge in [0.25, 0.3) is 0 Å². The lowest BCUT2D eigenvalue weighted by Crippen LogP contribution is -2.49. The fourth-order valence-electron chi connectivity index (χ4n) is 5.43. The van der Waals surface area contributed by atoms with E-state index in [0.29, 0.717) is 50.4 Å². The van der Waals surface area contributed by atoms with Gasteiger partial charge in [-0.15, -0.1) is 10.2 Å². The van der Waals surface area contributed by atoms with Crippen LogP contribution in [0.3, 0.4) is 0 Å². The molecule has 1 aromatic carbocycles. The fourth-order valence-corrected chi connectivity index (χ4v) is 5.43. The highest BCUT2D eigenvalue weighted by Crippen LogP contribution is 2.37. The number of benzene rings is 1. The van der Waals surface area contributed by atoms with Crippen molar-refractivity contribution in [2.75, 3.05) is 26.3 Å². The number of nitrogens with zero attached hydrogens (tertiary/aromatic N) is 6. The zero-order chi connectivity index (χ0) is 26.7. The molecule has 38 heavy (non-hydrogen) atoms. The van der Waals surface area contributed by atoms with Gasteiger partial charge in [0.2, 0.25) is 0 Å². The zero-order valence-corrected chi connectivity index (χ0v) is 20.7. The summed E-state index contributed by atoms with van der Waals surface area (Å²) in [6, 6.07) is 8.37. The molecule has 0 unspecified atom stereocenters. The van der Waals surface area contributed by atoms with Crippen LogP contribution in [0.5, 0.6) is 0 Å². The van der Waals surface area contributed by atoms with Crippen LogP contribution in [-0.2, 0) is 36.3 Å². The Hall–Kier alpha value is -3.48. The highest BCUT2D eigenvalue weighted by atomic mass is 19.4. The number of hydrogen-bond acceptors (Lipinski definition) is 6. The zero-order valence-electron chi connectivity index (χ0n) is 20.7. The normalized spacial score (nSPS) is 19.8. The summed E-state index contributed by atoms with van der Waals surface area (Å²) in [5.74, 6) is 0.790. The van der Waals surface area contributed by atoms with E-state index < -0.39 is 23.5 Å². The number of aryl methyl sites for hydroxylation is 1. The van der Waals surface area contributed by atoms with Gasteiger partial charge < -0.3 is 14.4 Å². The Morgan fingerprint density at radius 3 is 2.66 bits per heavy atom. The first-order chi connectivity index (χ1) is 18.1. The molecular formula is C26H27F3N6O3. The van der Waals surface area contributed by atoms with Crippen LogP contribution in [0.25, 0.3) is 11.2 Å². The molecule has 1 atom stereocenters. The fraction of sp³-hybridized carbons (Fsp3) is 0.423. The molecular weight excluding hydrogens is 501 g/mol. The summed E-state index contributed by atoms with van der Waals surface area (Å²) in [5, 5.41) is 17.9. The minimum absolute atomic E-state index is 0.209. The van der Waals surface area contributed by atoms with Gasteiger partial charge in [0, 0.05) is 50.9 Å². The topological polar surface area (TPSA) is 89.8 Å². The number of halogens is 3. The van der Waals surface area contributed by atoms with Crippen molar-refractivity contribution in [1.82, 2.24) is 28.6 Å². The van der Waals surface area contributed by atoms with E-state index in [9.17, 15) is 23.1 Å². The number of rotatable bonds is 6. The number of hydrogen-bond donors (Lipinski definition) is 1. The maximum absolute atomic E-state index is 14.1. The lowest BCUT2D eigenvalue weighted by molar-refractivity contribution is -0.136. The van der Waals surface area contributed by atoms with Crippen LogP contribution in [0.1, 0.15) is 28.9 Å². The smallest absolute Gasteiger partial charge is 0.392 e. The van der Waals surface area contributed by atoms with Crippen LogP contribution in [0, 0.1) is 0 Å². The Bertz CT molecular complexity index is 1550. The number of imidazole rings is 1. The van der Waals surface area contributed by atoms with Crippen LogP contribution in [0.15, 0.2) is 53.8 Å². The Labute approximate surface area is 215 Å². The molecule has 9 nitrogen and oxygen atoms in total. The lowest BCUT2D eigenvalue weighted by atomic mass is 9.75. The van der Waals surface area contributed by atoms with Crippen LogP contribution in [0.4, 0.5) is 13.2 Å². The number of alkyl halides is 3. The molecule has 200 valence electrons. The predicted octanol–water partition coefficient (Wildman–Crippen LogP) is 2.31. The van der Waals surface area contributed by atoms with Gasteiger partial charge in [-0.2, -0.15) is 13.2 Å². The van der Waals surface area contributed by atoms with E-state index in [1.54, 1.807) is 18.5 Å². The van der Waals surface area contributed by atoms with E-state index in [0.717, 1.165) is 21.9 Å². The van der Waals surface area contributed by atoms with Gasteiger partial charge in [-0.3, -0.25) is 13.9 Å². The molecule has 6 rings (SSSR count). The number of fused-ring (bicyclic) bond motifs is 1. The molecule has 0 radical (unpaired) electrons. The van der Waals surface area contributed by atoms with E-state index in [1.807, 2.05) is 28.6 Å². The summed E-state index contributed by atoms with van der Waals surface area (Å²) in [5.41, 5.74) is -0.287. The Morgan fingerprint density at radius 1 is 1.21 bits per heavy atom. The second kappa shape index (κ2) is 9.07. The predicted molar refractivity (Wildman–Crippen MR) is 131 cm³/mol. The SMILES string of the molecule is Cn1cnnc1CC1(c2cccc(-n3cc4c(C(F)(F)F)cc(CN5CC[C@H](O)C5)cn4c3=O)c2)COC1. The molecule has 3 aromatic heterocycles. The summed E-state index contributed by atoms with van der Waals surface area (Å²) < 4.78 is 52.0. The molecule has 2 aliphatic heterocycles. The highest BCUT2D eigenvalue weighted by Gasteiger charge is 2.42. The minimum Gasteiger partial charge on any atom is -0.392 e. The largest absolute Gasteiger partial charge is 0.418 e. The minimum atomic E-state index is -4.64. The quantitative estimate of drug-likeness (QED) is 0.413. The van der Waals surface area contributed by atoms with Crippen molar-refractivity contribution in [3.63, 3.8) is 0 Å². The molecule has 5 heterocycles. The Morgan fingerprint density at radius 2 is 2.03 bits per heavy atom. The van der Waals surface area contributed by atoms with Crippen molar-refractivity contribution in [3.05, 3.63) is 82.1 Å². The summed E-state index contributed by atoms with van der Waals surface area (Å²) in [7, 11) is 1.86. The van der Waals surface area contributed by atoms with Crippen LogP contribution >= 0.6 is 0 Å². The number of aliphatic hydroxyl groups is 1. The third kappa shape index (κ3) is 4.32. The average Bonchev–Trinajstić information content (AvgIpc) is 3.54. The van der Waals surface area contributed by atoms with Gasteiger partial charge in [0.1, 0.15) is 12.2 Å². The third-order valence-electron chi connectivity index (χ3n) is 7.58. The number of aromatic nitrogens is 5. The summed E-state index contributed by atoms with van der Waals surface area (Å²) >= 11 is 0. The van der Waals surface area contributed by atoms with E-state index in [-0.39, 0.29) is 17.5 Å². The molecule has 0 amide bonds. The first-order valence-electron chi connectivity index (χ1n) is 12.4. The molecule has 0 bridgehead atoms. The molecule has 1 N–H and O–H groups in total. The van der Waals surface area contributed by atoms with E-state index in [4.69, 9.17) is 4.74 Å². The molecule has 2 saturated heterocycles. The van der Waals surface area contributed by atoms with Crippen LogP contribution < -0.4 is 5.69 Å². The maximum Gasteiger partial charge on any atom is 0.418 e. The highest BCUT2D eigenvalue weighted by molar-refractivity contribution is 5.58. The Kier molecular flexibility index (Phi) is 5.93. The number of aliphatic hydroxyl groups excluding tert-OH is 1. The second-order valence-corrected chi connectivity index (χ2v) is 10.3. The number of ether oxygens (including phenoxy) is 1. The second-order valence-electron chi connectivity index (χ2n) is 10.3. The molecule has 2 aliphatic rings. The van der Waals surface area contributed by atoms with Gasteiger partial charge in [0.15, 0.2) is 0 Å². The van der Waals surface area contributed by atoms with Gasteiger partial charge in [-0.1, -0.05) is 12.1 Å². The van der Waals surface area contributed by atoms with Crippen LogP contribution in [-0.4, -0.2) is 66.1 Å². The van der Waals surface area contributed by atoms with Crippen molar-refractivity contribution in [3.8, 4) is 5.69 Å². The van der Waals surface area contributed by atoms with Crippen LogP contribution in [0.2, 0.25) is 0 Å². The van der Waals surface area contributed by atoms with E-state index in [1.165, 1.54) is 17.0 Å². The van der Waals surface area contributed by atoms with Crippen molar-refractivity contribution < 1.29 is 23.0 Å². The van der Waals surface area contributed by atoms with E-state index >= 15 is 0 Å². The molecule has 0 aliphatic carbocycles. The van der Waals surface area contributed by atoms with Crippen molar-refractivity contribution >= 4 is 5.52 Å². The summed E-state index contributed by atoms with van der Waals surface area (Å²) in [6.07, 6.45) is 0.360. The van der Waals surface area contributed by atoms with Gasteiger partial charge in [-0.05, 0) is 35.7 Å². The number of β-amino-alcohol motifs (C(OH)–C–C–N with tert-alkyl or cyclic N) is 1. The summed E-state index contributed by atoms with van der Waals surface area (Å²) in [6.45, 7) is 2.12. The Balaban J connectivity index is 1.41. The lowest BCUT2D eigenvalue weighted by Gasteiger charge is -2.41. The molecule has 2 fully saturated rings. The van der Waals surface area contributed by atoms with Gasteiger partial charge in [0.05, 0.1) is 36.1 Å². The average molecular weight is 529 g/mol. The number of pyridine rings is 1. The van der Waals surface area contributed by atoms with Gasteiger partial charge in [-0.25, -0.2) is 4.79 Å². The third-order valence-corrected chi connectivity index (χ3v) is 7.58. The monoisotopic (exact) mass is 528 g/mol. The first kappa shape index (κ1) is 24.8. The molecule has 4 aromatic rings. The van der Waals surface area contributed by atoms with Crippen molar-refractivity contribution in [2.24, 2.45) is 7.05 Å². The van der Waals surface area contributed by atoms with E-state index in [2.05, 4.69) is 10.2 Å². The standard InChI is InChI=1S/C26H27F3N6O3/c1-32-16-30-31-23(32)9-25(14-38-15-25)18-3-2-4-19(8-18)34-13-22-21(26(27,28)29)7-17(11-35(22)24(34)37)10-33-6-5-20(36)12-33/h2-4,7-8,11,13,16,20,36H,5-6,9-10,12,14-15H2,1H3/t20-/m0/s1. The van der Waals surface area contributed by atoms with Crippen molar-refractivity contribution in [2.45, 2.75) is 37.1 Å². The molecule has 12 heteroatoms. The van der Waals surface area contributed by atoms with Gasteiger partial charge >= 0.3 is 11.9 Å². The first-order valence-corrected chi connectivity index (χ1v) is 12.4. The number of likely N-dealkylation sites (tertiary alicyclic amines) is 1. The molecule has 0 spiro atoms. The van der Waals surface area contributed by atoms with Crippen molar-refractivity contribution in [1.29, 1.82) is 0 Å². The maximum atomic E-state index is 14.1. The molecule has 0 saturated carbocycles.